The Labute approximate surface area is 123 Å². The molecule has 118 valence electrons. The highest BCUT2D eigenvalue weighted by Gasteiger charge is 2.19. The molecule has 1 rings (SSSR count). The highest BCUT2D eigenvalue weighted by atomic mass is 32.2. The Hall–Kier alpha value is -1.80. The summed E-state index contributed by atoms with van der Waals surface area (Å²) in [5.41, 5.74) is 4.76. The van der Waals surface area contributed by atoms with Crippen LogP contribution in [0.1, 0.15) is 13.8 Å². The van der Waals surface area contributed by atoms with E-state index in [1.54, 1.807) is 26.0 Å². The number of hydrogen-bond acceptors (Lipinski definition) is 6. The number of aliphatic hydroxyl groups is 1. The fourth-order valence-electron chi connectivity index (χ4n) is 1.43. The highest BCUT2D eigenvalue weighted by molar-refractivity contribution is 7.92. The van der Waals surface area contributed by atoms with Crippen molar-refractivity contribution in [3.05, 3.63) is 24.3 Å². The van der Waals surface area contributed by atoms with E-state index < -0.39 is 27.3 Å². The normalized spacial score (nSPS) is 13.0. The number of amides is 1. The molecule has 0 spiro atoms. The van der Waals surface area contributed by atoms with Gasteiger partial charge in [-0.05, 0) is 32.0 Å². The minimum Gasteiger partial charge on any atom is -0.491 e. The molecule has 8 heteroatoms. The second kappa shape index (κ2) is 7.28. The van der Waals surface area contributed by atoms with Crippen LogP contribution in [0.2, 0.25) is 0 Å². The van der Waals surface area contributed by atoms with E-state index in [9.17, 15) is 18.3 Å². The lowest BCUT2D eigenvalue weighted by Crippen LogP contribution is -2.27. The molecule has 7 nitrogen and oxygen atoms in total. The van der Waals surface area contributed by atoms with Crippen LogP contribution in [0.4, 0.5) is 4.79 Å². The van der Waals surface area contributed by atoms with Gasteiger partial charge in [-0.1, -0.05) is 6.07 Å². The summed E-state index contributed by atoms with van der Waals surface area (Å²) in [6.07, 6.45) is -2.04. The summed E-state index contributed by atoms with van der Waals surface area (Å²) < 4.78 is 33.7. The molecule has 21 heavy (non-hydrogen) atoms. The van der Waals surface area contributed by atoms with Crippen LogP contribution in [-0.2, 0) is 14.6 Å². The van der Waals surface area contributed by atoms with Crippen LogP contribution in [0.25, 0.3) is 0 Å². The van der Waals surface area contributed by atoms with Crippen molar-refractivity contribution in [2.24, 2.45) is 5.73 Å². The molecular formula is C13H19NO6S. The maximum Gasteiger partial charge on any atom is 0.404 e. The smallest absolute Gasteiger partial charge is 0.404 e. The van der Waals surface area contributed by atoms with Crippen LogP contribution in [-0.4, -0.2) is 44.2 Å². The van der Waals surface area contributed by atoms with Gasteiger partial charge in [0.2, 0.25) is 0 Å². The van der Waals surface area contributed by atoms with Crippen molar-refractivity contribution in [3.8, 4) is 5.75 Å². The first-order valence-corrected chi connectivity index (χ1v) is 7.85. The fraction of sp³-hybridized carbons (Fsp3) is 0.462. The van der Waals surface area contributed by atoms with E-state index in [-0.39, 0.29) is 18.1 Å². The number of benzene rings is 1. The number of rotatable bonds is 7. The van der Waals surface area contributed by atoms with Crippen molar-refractivity contribution in [2.45, 2.75) is 30.1 Å². The van der Waals surface area contributed by atoms with E-state index >= 15 is 0 Å². The summed E-state index contributed by atoms with van der Waals surface area (Å²) >= 11 is 0. The van der Waals surface area contributed by atoms with E-state index in [1.807, 2.05) is 0 Å². The van der Waals surface area contributed by atoms with E-state index in [2.05, 4.69) is 4.74 Å². The van der Waals surface area contributed by atoms with E-state index in [4.69, 9.17) is 10.5 Å². The summed E-state index contributed by atoms with van der Waals surface area (Å²) in [7, 11) is -3.39. The van der Waals surface area contributed by atoms with Gasteiger partial charge in [0.1, 0.15) is 25.1 Å². The Morgan fingerprint density at radius 2 is 2.00 bits per heavy atom. The summed E-state index contributed by atoms with van der Waals surface area (Å²) in [5, 5.41) is 8.96. The van der Waals surface area contributed by atoms with Gasteiger partial charge < -0.3 is 20.3 Å². The van der Waals surface area contributed by atoms with Crippen molar-refractivity contribution in [1.29, 1.82) is 0 Å². The average molecular weight is 317 g/mol. The Bertz CT molecular complexity index is 584. The second-order valence-electron chi connectivity index (χ2n) is 4.66. The van der Waals surface area contributed by atoms with Gasteiger partial charge in [0.25, 0.3) is 0 Å². The molecule has 0 fully saturated rings. The first-order chi connectivity index (χ1) is 9.73. The topological polar surface area (TPSA) is 116 Å². The minimum atomic E-state index is -3.39. The van der Waals surface area contributed by atoms with Gasteiger partial charge in [0.15, 0.2) is 9.84 Å². The first-order valence-electron chi connectivity index (χ1n) is 6.30. The Kier molecular flexibility index (Phi) is 5.98. The molecule has 0 bridgehead atoms. The van der Waals surface area contributed by atoms with Crippen LogP contribution in [0.15, 0.2) is 29.2 Å². The van der Waals surface area contributed by atoms with E-state index in [0.717, 1.165) is 0 Å². The number of carbonyl (C=O) groups is 1. The number of aliphatic hydroxyl groups excluding tert-OH is 1. The van der Waals surface area contributed by atoms with Gasteiger partial charge >= 0.3 is 6.09 Å². The molecule has 1 aromatic rings. The predicted octanol–water partition coefficient (Wildman–Crippen LogP) is 0.704. The van der Waals surface area contributed by atoms with Gasteiger partial charge in [-0.2, -0.15) is 0 Å². The van der Waals surface area contributed by atoms with Crippen LogP contribution in [0, 0.1) is 0 Å². The number of sulfone groups is 1. The van der Waals surface area contributed by atoms with Gasteiger partial charge in [0.05, 0.1) is 10.1 Å². The third-order valence-corrected chi connectivity index (χ3v) is 4.77. The molecule has 0 saturated carbocycles. The standard InChI is InChI=1S/C13H19NO6S/c1-9(2)21(17,18)12-5-3-4-11(6-12)19-7-10(15)8-20-13(14)16/h3-6,9-10,15H,7-8H2,1-2H3,(H2,14,16)/t10-/m0/s1. The first kappa shape index (κ1) is 17.3. The van der Waals surface area contributed by atoms with Crippen LogP contribution >= 0.6 is 0 Å². The zero-order valence-corrected chi connectivity index (χ0v) is 12.7. The molecule has 0 unspecified atom stereocenters. The molecule has 3 N–H and O–H groups in total. The Morgan fingerprint density at radius 1 is 1.33 bits per heavy atom. The molecular weight excluding hydrogens is 298 g/mol. The number of carbonyl (C=O) groups excluding carboxylic acids is 1. The largest absolute Gasteiger partial charge is 0.491 e. The second-order valence-corrected chi connectivity index (χ2v) is 7.17. The maximum absolute atomic E-state index is 12.0. The van der Waals surface area contributed by atoms with Crippen LogP contribution in [0.3, 0.4) is 0 Å². The average Bonchev–Trinajstić information content (AvgIpc) is 2.43. The third kappa shape index (κ3) is 5.24. The van der Waals surface area contributed by atoms with Crippen molar-refractivity contribution >= 4 is 15.9 Å². The van der Waals surface area contributed by atoms with Crippen molar-refractivity contribution in [3.63, 3.8) is 0 Å². The molecule has 0 radical (unpaired) electrons. The molecule has 0 aliphatic heterocycles. The summed E-state index contributed by atoms with van der Waals surface area (Å²) in [4.78, 5) is 10.5. The molecule has 1 amide bonds. The monoisotopic (exact) mass is 317 g/mol. The third-order valence-electron chi connectivity index (χ3n) is 2.62. The summed E-state index contributed by atoms with van der Waals surface area (Å²) in [5.74, 6) is 0.301. The number of nitrogens with two attached hydrogens (primary N) is 1. The van der Waals surface area contributed by atoms with Gasteiger partial charge in [0, 0.05) is 0 Å². The van der Waals surface area contributed by atoms with E-state index in [0.29, 0.717) is 5.75 Å². The maximum atomic E-state index is 12.0. The van der Waals surface area contributed by atoms with Gasteiger partial charge in [-0.15, -0.1) is 0 Å². The van der Waals surface area contributed by atoms with Crippen molar-refractivity contribution < 1.29 is 27.8 Å². The lowest BCUT2D eigenvalue weighted by molar-refractivity contribution is 0.0419. The summed E-state index contributed by atoms with van der Waals surface area (Å²) in [6.45, 7) is 2.74. The fourth-order valence-corrected chi connectivity index (χ4v) is 2.52. The van der Waals surface area contributed by atoms with Crippen molar-refractivity contribution in [1.82, 2.24) is 0 Å². The van der Waals surface area contributed by atoms with Crippen LogP contribution in [0.5, 0.6) is 5.75 Å². The molecule has 1 atom stereocenters. The molecule has 0 heterocycles. The highest BCUT2D eigenvalue weighted by Crippen LogP contribution is 2.21. The SMILES string of the molecule is CC(C)S(=O)(=O)c1cccc(OC[C@H](O)COC(N)=O)c1. The number of hydrogen-bond donors (Lipinski definition) is 2. The van der Waals surface area contributed by atoms with Gasteiger partial charge in [-0.25, -0.2) is 13.2 Å². The lowest BCUT2D eigenvalue weighted by atomic mass is 10.3. The zero-order chi connectivity index (χ0) is 16.0. The molecule has 0 aliphatic carbocycles. The molecule has 0 aromatic heterocycles. The molecule has 0 aliphatic rings. The quantitative estimate of drug-likeness (QED) is 0.765. The van der Waals surface area contributed by atoms with Crippen LogP contribution < -0.4 is 10.5 Å². The number of ether oxygens (including phenoxy) is 2. The lowest BCUT2D eigenvalue weighted by Gasteiger charge is -2.13. The summed E-state index contributed by atoms with van der Waals surface area (Å²) in [6, 6.07) is 5.99. The van der Waals surface area contributed by atoms with Gasteiger partial charge in [-0.3, -0.25) is 0 Å². The molecule has 1 aromatic carbocycles. The predicted molar refractivity (Wildman–Crippen MR) is 75.8 cm³/mol. The molecule has 0 saturated heterocycles. The van der Waals surface area contributed by atoms with E-state index in [1.165, 1.54) is 12.1 Å². The van der Waals surface area contributed by atoms with Crippen molar-refractivity contribution in [2.75, 3.05) is 13.2 Å². The zero-order valence-electron chi connectivity index (χ0n) is 11.9. The Balaban J connectivity index is 2.68. The number of primary amides is 1. The minimum absolute atomic E-state index is 0.151. The Morgan fingerprint density at radius 3 is 2.57 bits per heavy atom.